The highest BCUT2D eigenvalue weighted by molar-refractivity contribution is 5.64. The number of rotatable bonds is 10. The Hall–Kier alpha value is -4.03. The number of aryl methyl sites for hydroxylation is 1. The van der Waals surface area contributed by atoms with Gasteiger partial charge < -0.3 is 9.64 Å². The van der Waals surface area contributed by atoms with Gasteiger partial charge in [0.05, 0.1) is 5.69 Å². The van der Waals surface area contributed by atoms with Crippen molar-refractivity contribution >= 4 is 5.65 Å². The van der Waals surface area contributed by atoms with Crippen LogP contribution < -0.4 is 4.74 Å². The van der Waals surface area contributed by atoms with E-state index in [1.54, 1.807) is 12.4 Å². The molecule has 5 aromatic rings. The van der Waals surface area contributed by atoms with Gasteiger partial charge in [0.1, 0.15) is 12.4 Å². The first-order valence-electron chi connectivity index (χ1n) is 13.6. The Balaban J connectivity index is 1.13. The van der Waals surface area contributed by atoms with Crippen LogP contribution in [-0.2, 0) is 19.4 Å². The lowest BCUT2D eigenvalue weighted by Crippen LogP contribution is -2.20. The van der Waals surface area contributed by atoms with Crippen LogP contribution in [0.25, 0.3) is 16.9 Å². The smallest absolute Gasteiger partial charge is 0.156 e. The van der Waals surface area contributed by atoms with Crippen molar-refractivity contribution in [2.24, 2.45) is 0 Å². The standard InChI is InChI=1S/C32H33N5O/c1-2-20-36(19-1)21-5-6-25-11-13-26(14-12-25)22-31-34-32-10-4-9-30(37(32)35-31)28-7-3-8-29(23-28)38-24-27-15-17-33-18-16-27/h3-4,7-18,23H,1-2,5-6,19-22,24H2. The van der Waals surface area contributed by atoms with Gasteiger partial charge >= 0.3 is 0 Å². The predicted octanol–water partition coefficient (Wildman–Crippen LogP) is 5.99. The van der Waals surface area contributed by atoms with Gasteiger partial charge in [0.2, 0.25) is 0 Å². The average Bonchev–Trinajstić information content (AvgIpc) is 3.63. The van der Waals surface area contributed by atoms with Gasteiger partial charge in [-0.15, -0.1) is 0 Å². The fourth-order valence-electron chi connectivity index (χ4n) is 5.15. The van der Waals surface area contributed by atoms with Crippen molar-refractivity contribution in [1.29, 1.82) is 0 Å². The van der Waals surface area contributed by atoms with Crippen molar-refractivity contribution in [1.82, 2.24) is 24.5 Å². The summed E-state index contributed by atoms with van der Waals surface area (Å²) in [4.78, 5) is 11.5. The molecule has 38 heavy (non-hydrogen) atoms. The molecule has 0 atom stereocenters. The summed E-state index contributed by atoms with van der Waals surface area (Å²) < 4.78 is 7.97. The van der Waals surface area contributed by atoms with Gasteiger partial charge in [0, 0.05) is 24.4 Å². The van der Waals surface area contributed by atoms with Crippen molar-refractivity contribution in [2.45, 2.75) is 38.7 Å². The molecule has 1 aliphatic rings. The summed E-state index contributed by atoms with van der Waals surface area (Å²) in [5, 5.41) is 4.88. The van der Waals surface area contributed by atoms with Crippen molar-refractivity contribution in [2.75, 3.05) is 19.6 Å². The molecule has 0 saturated carbocycles. The van der Waals surface area contributed by atoms with E-state index in [4.69, 9.17) is 14.8 Å². The van der Waals surface area contributed by atoms with Gasteiger partial charge in [-0.3, -0.25) is 4.98 Å². The molecule has 0 N–H and O–H groups in total. The van der Waals surface area contributed by atoms with E-state index in [0.717, 1.165) is 40.5 Å². The molecule has 0 unspecified atom stereocenters. The summed E-state index contributed by atoms with van der Waals surface area (Å²) in [6.07, 6.45) is 9.36. The molecule has 0 spiro atoms. The average molecular weight is 504 g/mol. The molecule has 0 radical (unpaired) electrons. The molecule has 1 fully saturated rings. The molecule has 1 saturated heterocycles. The zero-order chi connectivity index (χ0) is 25.6. The number of pyridine rings is 2. The van der Waals surface area contributed by atoms with Gasteiger partial charge in [-0.05, 0) is 98.4 Å². The fraction of sp³-hybridized carbons (Fsp3) is 0.281. The Morgan fingerprint density at radius 1 is 0.789 bits per heavy atom. The molecule has 6 heteroatoms. The first-order chi connectivity index (χ1) is 18.8. The summed E-state index contributed by atoms with van der Waals surface area (Å²) in [7, 11) is 0. The molecule has 0 aliphatic carbocycles. The Morgan fingerprint density at radius 2 is 1.58 bits per heavy atom. The van der Waals surface area contributed by atoms with Crippen molar-refractivity contribution < 1.29 is 4.74 Å². The molecule has 192 valence electrons. The fourth-order valence-corrected chi connectivity index (χ4v) is 5.15. The Morgan fingerprint density at radius 3 is 2.42 bits per heavy atom. The molecule has 1 aliphatic heterocycles. The van der Waals surface area contributed by atoms with Gasteiger partial charge in [0.15, 0.2) is 11.5 Å². The third-order valence-electron chi connectivity index (χ3n) is 7.21. The molecular formula is C32H33N5O. The third kappa shape index (κ3) is 5.92. The van der Waals surface area contributed by atoms with Crippen LogP contribution >= 0.6 is 0 Å². The molecule has 2 aromatic carbocycles. The summed E-state index contributed by atoms with van der Waals surface area (Å²) in [5.74, 6) is 1.64. The lowest BCUT2D eigenvalue weighted by Gasteiger charge is -2.13. The number of hydrogen-bond acceptors (Lipinski definition) is 5. The van der Waals surface area contributed by atoms with E-state index >= 15 is 0 Å². The highest BCUT2D eigenvalue weighted by atomic mass is 16.5. The minimum Gasteiger partial charge on any atom is -0.489 e. The second kappa shape index (κ2) is 11.6. The van der Waals surface area contributed by atoms with E-state index in [9.17, 15) is 0 Å². The minimum atomic E-state index is 0.501. The van der Waals surface area contributed by atoms with Crippen LogP contribution in [0.3, 0.4) is 0 Å². The lowest BCUT2D eigenvalue weighted by atomic mass is 10.1. The van der Waals surface area contributed by atoms with Crippen LogP contribution in [0.1, 0.15) is 41.8 Å². The highest BCUT2D eigenvalue weighted by Crippen LogP contribution is 2.25. The number of aromatic nitrogens is 4. The van der Waals surface area contributed by atoms with Gasteiger partial charge in [-0.25, -0.2) is 9.50 Å². The van der Waals surface area contributed by atoms with Crippen LogP contribution in [-0.4, -0.2) is 44.1 Å². The maximum atomic E-state index is 6.03. The lowest BCUT2D eigenvalue weighted by molar-refractivity contribution is 0.306. The molecule has 0 bridgehead atoms. The SMILES string of the molecule is c1cc(OCc2ccncc2)cc(-c2cccc3nc(Cc4ccc(CCCN5CCCC5)cc4)nn23)c1. The maximum absolute atomic E-state index is 6.03. The first-order valence-corrected chi connectivity index (χ1v) is 13.6. The zero-order valence-corrected chi connectivity index (χ0v) is 21.7. The highest BCUT2D eigenvalue weighted by Gasteiger charge is 2.12. The van der Waals surface area contributed by atoms with Gasteiger partial charge in [-0.1, -0.05) is 42.5 Å². The van der Waals surface area contributed by atoms with Gasteiger partial charge in [-0.2, -0.15) is 5.10 Å². The van der Waals surface area contributed by atoms with Crippen molar-refractivity contribution in [3.05, 3.63) is 114 Å². The number of benzene rings is 2. The number of fused-ring (bicyclic) bond motifs is 1. The Bertz CT molecular complexity index is 1470. The summed E-state index contributed by atoms with van der Waals surface area (Å²) in [6.45, 7) is 4.27. The van der Waals surface area contributed by atoms with Crippen molar-refractivity contribution in [3.8, 4) is 17.0 Å². The number of nitrogens with zero attached hydrogens (tertiary/aromatic N) is 5. The quantitative estimate of drug-likeness (QED) is 0.234. The minimum absolute atomic E-state index is 0.501. The summed E-state index contributed by atoms with van der Waals surface area (Å²) >= 11 is 0. The molecular weight excluding hydrogens is 470 g/mol. The summed E-state index contributed by atoms with van der Waals surface area (Å²) in [6, 6.07) is 27.1. The van der Waals surface area contributed by atoms with E-state index < -0.39 is 0 Å². The predicted molar refractivity (Wildman–Crippen MR) is 150 cm³/mol. The van der Waals surface area contributed by atoms with Crippen LogP contribution in [0, 0.1) is 0 Å². The second-order valence-electron chi connectivity index (χ2n) is 10.0. The largest absolute Gasteiger partial charge is 0.489 e. The first kappa shape index (κ1) is 24.3. The number of ether oxygens (including phenoxy) is 1. The molecule has 4 heterocycles. The molecule has 3 aromatic heterocycles. The van der Waals surface area contributed by atoms with E-state index in [-0.39, 0.29) is 0 Å². The maximum Gasteiger partial charge on any atom is 0.156 e. The Kier molecular flexibility index (Phi) is 7.40. The summed E-state index contributed by atoms with van der Waals surface area (Å²) in [5.41, 5.74) is 6.60. The second-order valence-corrected chi connectivity index (χ2v) is 10.0. The number of likely N-dealkylation sites (tertiary alicyclic amines) is 1. The molecule has 0 amide bonds. The van der Waals surface area contributed by atoms with Crippen LogP contribution in [0.15, 0.2) is 91.3 Å². The van der Waals surface area contributed by atoms with Crippen molar-refractivity contribution in [3.63, 3.8) is 0 Å². The van der Waals surface area contributed by atoms with Crippen LogP contribution in [0.5, 0.6) is 5.75 Å². The topological polar surface area (TPSA) is 55.6 Å². The normalized spacial score (nSPS) is 13.8. The third-order valence-corrected chi connectivity index (χ3v) is 7.21. The van der Waals surface area contributed by atoms with Crippen LogP contribution in [0.4, 0.5) is 0 Å². The monoisotopic (exact) mass is 503 g/mol. The Labute approximate surface area is 224 Å². The van der Waals surface area contributed by atoms with Crippen LogP contribution in [0.2, 0.25) is 0 Å². The van der Waals surface area contributed by atoms with E-state index in [0.29, 0.717) is 13.0 Å². The van der Waals surface area contributed by atoms with E-state index in [1.165, 1.54) is 50.0 Å². The zero-order valence-electron chi connectivity index (χ0n) is 21.7. The molecule has 6 nitrogen and oxygen atoms in total. The number of hydrogen-bond donors (Lipinski definition) is 0. The van der Waals surface area contributed by atoms with E-state index in [1.807, 2.05) is 40.9 Å². The van der Waals surface area contributed by atoms with E-state index in [2.05, 4.69) is 52.3 Å². The van der Waals surface area contributed by atoms with Gasteiger partial charge in [0.25, 0.3) is 0 Å². The molecule has 6 rings (SSSR count).